The van der Waals surface area contributed by atoms with E-state index in [-0.39, 0.29) is 6.61 Å². The molecule has 30 heavy (non-hydrogen) atoms. The van der Waals surface area contributed by atoms with Crippen molar-refractivity contribution in [2.75, 3.05) is 6.61 Å². The molecule has 0 heterocycles. The summed E-state index contributed by atoms with van der Waals surface area (Å²) in [6, 6.07) is 20.0. The van der Waals surface area contributed by atoms with E-state index < -0.39 is 11.9 Å². The van der Waals surface area contributed by atoms with E-state index in [9.17, 15) is 9.59 Å². The molecule has 0 aliphatic carbocycles. The van der Waals surface area contributed by atoms with Gasteiger partial charge in [0.15, 0.2) is 6.61 Å². The molecule has 0 fully saturated rings. The number of hydrogen-bond donors (Lipinski definition) is 1. The molecule has 0 atom stereocenters. The van der Waals surface area contributed by atoms with Gasteiger partial charge >= 0.3 is 5.97 Å². The molecule has 152 valence electrons. The number of halogens is 2. The molecule has 8 heteroatoms. The number of rotatable bonds is 7. The first kappa shape index (κ1) is 21.4. The van der Waals surface area contributed by atoms with Gasteiger partial charge in [0.2, 0.25) is 0 Å². The minimum Gasteiger partial charge on any atom is -0.482 e. The van der Waals surface area contributed by atoms with Crippen LogP contribution < -0.4 is 14.9 Å². The second kappa shape index (κ2) is 10.4. The Hall–Kier alpha value is -3.35. The van der Waals surface area contributed by atoms with Crippen molar-refractivity contribution in [3.05, 3.63) is 94.0 Å². The highest BCUT2D eigenvalue weighted by atomic mass is 35.5. The lowest BCUT2D eigenvalue weighted by molar-refractivity contribution is -0.123. The van der Waals surface area contributed by atoms with Crippen LogP contribution >= 0.6 is 23.2 Å². The van der Waals surface area contributed by atoms with Gasteiger partial charge in [-0.05, 0) is 48.5 Å². The van der Waals surface area contributed by atoms with Gasteiger partial charge < -0.3 is 9.47 Å². The zero-order chi connectivity index (χ0) is 21.3. The summed E-state index contributed by atoms with van der Waals surface area (Å²) < 4.78 is 10.8. The van der Waals surface area contributed by atoms with Gasteiger partial charge in [-0.3, -0.25) is 4.79 Å². The molecular weight excluding hydrogens is 427 g/mol. The molecular formula is C22H16Cl2N2O4. The summed E-state index contributed by atoms with van der Waals surface area (Å²) in [7, 11) is 0. The van der Waals surface area contributed by atoms with Crippen LogP contribution in [0.2, 0.25) is 10.0 Å². The molecule has 3 aromatic rings. The van der Waals surface area contributed by atoms with Gasteiger partial charge in [-0.1, -0.05) is 47.5 Å². The first-order valence-corrected chi connectivity index (χ1v) is 9.54. The average molecular weight is 443 g/mol. The molecule has 0 aliphatic heterocycles. The van der Waals surface area contributed by atoms with Crippen LogP contribution in [-0.2, 0) is 4.79 Å². The minimum absolute atomic E-state index is 0.256. The van der Waals surface area contributed by atoms with Crippen LogP contribution in [-0.4, -0.2) is 24.7 Å². The lowest BCUT2D eigenvalue weighted by atomic mass is 10.2. The normalized spacial score (nSPS) is 10.6. The van der Waals surface area contributed by atoms with Crippen LogP contribution in [0.15, 0.2) is 77.9 Å². The van der Waals surface area contributed by atoms with Crippen molar-refractivity contribution in [3.8, 4) is 11.5 Å². The molecule has 1 N–H and O–H groups in total. The predicted molar refractivity (Wildman–Crippen MR) is 116 cm³/mol. The number of hydrazone groups is 1. The van der Waals surface area contributed by atoms with Crippen molar-refractivity contribution in [2.45, 2.75) is 0 Å². The Balaban J connectivity index is 1.58. The SMILES string of the molecule is O=C(COc1ccccc1Cl)N/N=C/c1ccccc1OC(=O)c1ccc(Cl)cc1. The molecule has 0 radical (unpaired) electrons. The van der Waals surface area contributed by atoms with Gasteiger partial charge in [0.05, 0.1) is 16.8 Å². The molecule has 0 saturated carbocycles. The lowest BCUT2D eigenvalue weighted by Crippen LogP contribution is -2.24. The second-order valence-corrected chi connectivity index (χ2v) is 6.79. The van der Waals surface area contributed by atoms with Gasteiger partial charge in [-0.2, -0.15) is 5.10 Å². The highest BCUT2D eigenvalue weighted by Gasteiger charge is 2.11. The lowest BCUT2D eigenvalue weighted by Gasteiger charge is -2.08. The Morgan fingerprint density at radius 3 is 2.30 bits per heavy atom. The van der Waals surface area contributed by atoms with Crippen LogP contribution in [0.5, 0.6) is 11.5 Å². The molecule has 0 saturated heterocycles. The van der Waals surface area contributed by atoms with Gasteiger partial charge in [-0.15, -0.1) is 0 Å². The summed E-state index contributed by atoms with van der Waals surface area (Å²) in [6.45, 7) is -0.256. The van der Waals surface area contributed by atoms with Gasteiger partial charge in [0.25, 0.3) is 5.91 Å². The first-order chi connectivity index (χ1) is 14.5. The maximum atomic E-state index is 12.3. The van der Waals surface area contributed by atoms with E-state index in [2.05, 4.69) is 10.5 Å². The predicted octanol–water partition coefficient (Wildman–Crippen LogP) is 4.74. The van der Waals surface area contributed by atoms with Crippen molar-refractivity contribution >= 4 is 41.3 Å². The van der Waals surface area contributed by atoms with E-state index in [0.29, 0.717) is 32.7 Å². The van der Waals surface area contributed by atoms with E-state index in [4.69, 9.17) is 32.7 Å². The fraction of sp³-hybridized carbons (Fsp3) is 0.0455. The van der Waals surface area contributed by atoms with Crippen LogP contribution in [0.4, 0.5) is 0 Å². The summed E-state index contributed by atoms with van der Waals surface area (Å²) in [4.78, 5) is 24.2. The molecule has 6 nitrogen and oxygen atoms in total. The maximum absolute atomic E-state index is 12.3. The number of nitrogens with one attached hydrogen (secondary N) is 1. The van der Waals surface area contributed by atoms with Crippen LogP contribution in [0.25, 0.3) is 0 Å². The molecule has 0 bridgehead atoms. The van der Waals surface area contributed by atoms with Crippen molar-refractivity contribution in [1.29, 1.82) is 0 Å². The molecule has 3 aromatic carbocycles. The molecule has 0 unspecified atom stereocenters. The smallest absolute Gasteiger partial charge is 0.343 e. The van der Waals surface area contributed by atoms with Gasteiger partial charge in [-0.25, -0.2) is 10.2 Å². The molecule has 0 aromatic heterocycles. The number of hydrogen-bond acceptors (Lipinski definition) is 5. The zero-order valence-electron chi connectivity index (χ0n) is 15.5. The first-order valence-electron chi connectivity index (χ1n) is 8.79. The number of carbonyl (C=O) groups excluding carboxylic acids is 2. The maximum Gasteiger partial charge on any atom is 0.343 e. The summed E-state index contributed by atoms with van der Waals surface area (Å²) in [5, 5.41) is 4.81. The summed E-state index contributed by atoms with van der Waals surface area (Å²) in [5.74, 6) is -0.313. The van der Waals surface area contributed by atoms with E-state index in [1.807, 2.05) is 0 Å². The van der Waals surface area contributed by atoms with E-state index in [1.54, 1.807) is 72.8 Å². The number of esters is 1. The van der Waals surface area contributed by atoms with E-state index >= 15 is 0 Å². The number of amides is 1. The minimum atomic E-state index is -0.537. The monoisotopic (exact) mass is 442 g/mol. The topological polar surface area (TPSA) is 77.0 Å². The number of nitrogens with zero attached hydrogens (tertiary/aromatic N) is 1. The third-order valence-electron chi connectivity index (χ3n) is 3.79. The van der Waals surface area contributed by atoms with Crippen LogP contribution in [0, 0.1) is 0 Å². The molecule has 0 aliphatic rings. The fourth-order valence-electron chi connectivity index (χ4n) is 2.34. The third kappa shape index (κ3) is 6.07. The number of benzene rings is 3. The molecule has 3 rings (SSSR count). The number of ether oxygens (including phenoxy) is 2. The summed E-state index contributed by atoms with van der Waals surface area (Å²) in [6.07, 6.45) is 1.37. The summed E-state index contributed by atoms with van der Waals surface area (Å²) >= 11 is 11.8. The summed E-state index contributed by atoms with van der Waals surface area (Å²) in [5.41, 5.74) is 3.21. The second-order valence-electron chi connectivity index (χ2n) is 5.95. The van der Waals surface area contributed by atoms with Crippen LogP contribution in [0.3, 0.4) is 0 Å². The number of carbonyl (C=O) groups is 2. The van der Waals surface area contributed by atoms with Gasteiger partial charge in [0, 0.05) is 10.6 Å². The number of para-hydroxylation sites is 2. The standard InChI is InChI=1S/C22H16Cl2N2O4/c23-17-11-9-15(10-12-17)22(28)30-19-7-3-1-5-16(19)13-25-26-21(27)14-29-20-8-4-2-6-18(20)24/h1-13H,14H2,(H,26,27)/b25-13+. The highest BCUT2D eigenvalue weighted by Crippen LogP contribution is 2.23. The van der Waals surface area contributed by atoms with Crippen LogP contribution in [0.1, 0.15) is 15.9 Å². The van der Waals surface area contributed by atoms with E-state index in [1.165, 1.54) is 6.21 Å². The average Bonchev–Trinajstić information content (AvgIpc) is 2.75. The quantitative estimate of drug-likeness (QED) is 0.248. The van der Waals surface area contributed by atoms with Gasteiger partial charge in [0.1, 0.15) is 11.5 Å². The highest BCUT2D eigenvalue weighted by molar-refractivity contribution is 6.32. The van der Waals surface area contributed by atoms with Crippen molar-refractivity contribution < 1.29 is 19.1 Å². The third-order valence-corrected chi connectivity index (χ3v) is 4.35. The Morgan fingerprint density at radius 1 is 0.900 bits per heavy atom. The molecule has 1 amide bonds. The van der Waals surface area contributed by atoms with Crippen molar-refractivity contribution in [1.82, 2.24) is 5.43 Å². The fourth-order valence-corrected chi connectivity index (χ4v) is 2.65. The molecule has 0 spiro atoms. The van der Waals surface area contributed by atoms with Crippen molar-refractivity contribution in [2.24, 2.45) is 5.10 Å². The zero-order valence-corrected chi connectivity index (χ0v) is 17.1. The largest absolute Gasteiger partial charge is 0.482 e. The Kier molecular flexibility index (Phi) is 7.43. The van der Waals surface area contributed by atoms with E-state index in [0.717, 1.165) is 0 Å². The Bertz CT molecular complexity index is 1070. The Morgan fingerprint density at radius 2 is 1.57 bits per heavy atom. The Labute approximate surface area is 183 Å². The van der Waals surface area contributed by atoms with Crippen molar-refractivity contribution in [3.63, 3.8) is 0 Å².